The standard InChI is InChI=1S/C23H30N4O4S/c1-14-21(32-13-26-14)17-4-2-15(3-5-17)11-25-22(29)19-10-18(28)12-27(19)23(30)20(24)16-6-8-31-9-7-16/h2-5,13,16,18-20,28H,6-12,24H2,1H3,(H,25,29)/t18-,19+,20+/m1/s1. The molecule has 2 aromatic rings. The van der Waals surface area contributed by atoms with E-state index in [2.05, 4.69) is 10.3 Å². The summed E-state index contributed by atoms with van der Waals surface area (Å²) in [6, 6.07) is 6.60. The molecule has 3 heterocycles. The molecule has 0 spiro atoms. The monoisotopic (exact) mass is 458 g/mol. The highest BCUT2D eigenvalue weighted by Gasteiger charge is 2.42. The quantitative estimate of drug-likeness (QED) is 0.603. The number of rotatable bonds is 6. The third kappa shape index (κ3) is 5.01. The SMILES string of the molecule is Cc1ncsc1-c1ccc(CNC(=O)[C@@H]2C[C@@H](O)CN2C(=O)[C@@H](N)C2CCOCC2)cc1. The Balaban J connectivity index is 1.36. The van der Waals surface area contributed by atoms with Crippen LogP contribution >= 0.6 is 11.3 Å². The maximum absolute atomic E-state index is 13.0. The minimum Gasteiger partial charge on any atom is -0.391 e. The summed E-state index contributed by atoms with van der Waals surface area (Å²) in [5.41, 5.74) is 11.1. The van der Waals surface area contributed by atoms with E-state index < -0.39 is 18.2 Å². The normalized spacial score (nSPS) is 22.7. The molecule has 2 aliphatic heterocycles. The zero-order chi connectivity index (χ0) is 22.7. The molecule has 2 aliphatic rings. The smallest absolute Gasteiger partial charge is 0.243 e. The number of hydrogen-bond donors (Lipinski definition) is 3. The van der Waals surface area contributed by atoms with Crippen molar-refractivity contribution in [3.63, 3.8) is 0 Å². The molecular formula is C23H30N4O4S. The van der Waals surface area contributed by atoms with E-state index in [1.807, 2.05) is 36.7 Å². The average molecular weight is 459 g/mol. The molecule has 0 radical (unpaired) electrons. The fourth-order valence-corrected chi connectivity index (χ4v) is 5.25. The number of nitrogens with zero attached hydrogens (tertiary/aromatic N) is 2. The summed E-state index contributed by atoms with van der Waals surface area (Å²) in [6.45, 7) is 3.66. The van der Waals surface area contributed by atoms with Crippen LogP contribution in [0.15, 0.2) is 29.8 Å². The lowest BCUT2D eigenvalue weighted by Crippen LogP contribution is -2.53. The molecule has 2 saturated heterocycles. The number of hydrogen-bond acceptors (Lipinski definition) is 7. The maximum Gasteiger partial charge on any atom is 0.243 e. The summed E-state index contributed by atoms with van der Waals surface area (Å²) in [6.07, 6.45) is 0.967. The largest absolute Gasteiger partial charge is 0.391 e. The van der Waals surface area contributed by atoms with E-state index in [-0.39, 0.29) is 30.7 Å². The van der Waals surface area contributed by atoms with Gasteiger partial charge in [0.1, 0.15) is 6.04 Å². The van der Waals surface area contributed by atoms with Gasteiger partial charge in [-0.3, -0.25) is 9.59 Å². The molecule has 2 amide bonds. The van der Waals surface area contributed by atoms with Gasteiger partial charge in [0.25, 0.3) is 0 Å². The molecular weight excluding hydrogens is 428 g/mol. The Bertz CT molecular complexity index is 942. The Morgan fingerprint density at radius 2 is 2.03 bits per heavy atom. The molecule has 4 rings (SSSR count). The van der Waals surface area contributed by atoms with Crippen LogP contribution in [0.4, 0.5) is 0 Å². The van der Waals surface area contributed by atoms with Crippen LogP contribution in [-0.2, 0) is 20.9 Å². The Hall–Kier alpha value is -2.33. The van der Waals surface area contributed by atoms with E-state index >= 15 is 0 Å². The minimum absolute atomic E-state index is 0.0402. The van der Waals surface area contributed by atoms with Crippen LogP contribution in [0, 0.1) is 12.8 Å². The van der Waals surface area contributed by atoms with Gasteiger partial charge in [0.15, 0.2) is 0 Å². The summed E-state index contributed by atoms with van der Waals surface area (Å²) >= 11 is 1.60. The van der Waals surface area contributed by atoms with Gasteiger partial charge in [-0.05, 0) is 36.8 Å². The van der Waals surface area contributed by atoms with Crippen molar-refractivity contribution in [2.75, 3.05) is 19.8 Å². The fraction of sp³-hybridized carbons (Fsp3) is 0.522. The number of nitrogens with one attached hydrogen (secondary N) is 1. The first-order valence-corrected chi connectivity index (χ1v) is 11.9. The lowest BCUT2D eigenvalue weighted by molar-refractivity contribution is -0.141. The molecule has 3 atom stereocenters. The van der Waals surface area contributed by atoms with Crippen LogP contribution in [-0.4, -0.2) is 64.8 Å². The zero-order valence-corrected chi connectivity index (χ0v) is 19.0. The van der Waals surface area contributed by atoms with Crippen LogP contribution in [0.2, 0.25) is 0 Å². The molecule has 9 heteroatoms. The number of carbonyl (C=O) groups excluding carboxylic acids is 2. The molecule has 4 N–H and O–H groups in total. The zero-order valence-electron chi connectivity index (χ0n) is 18.2. The van der Waals surface area contributed by atoms with Crippen molar-refractivity contribution in [2.45, 2.75) is 50.9 Å². The molecule has 32 heavy (non-hydrogen) atoms. The Kier molecular flexibility index (Phi) is 7.20. The lowest BCUT2D eigenvalue weighted by atomic mass is 9.91. The summed E-state index contributed by atoms with van der Waals surface area (Å²) < 4.78 is 5.35. The number of aliphatic hydroxyl groups is 1. The number of ether oxygens (including phenoxy) is 1. The van der Waals surface area contributed by atoms with E-state index in [1.165, 1.54) is 4.90 Å². The van der Waals surface area contributed by atoms with Crippen LogP contribution in [0.1, 0.15) is 30.5 Å². The van der Waals surface area contributed by atoms with Gasteiger partial charge in [0.2, 0.25) is 11.8 Å². The van der Waals surface area contributed by atoms with E-state index in [0.717, 1.165) is 34.5 Å². The van der Waals surface area contributed by atoms with Gasteiger partial charge >= 0.3 is 0 Å². The molecule has 172 valence electrons. The fourth-order valence-electron chi connectivity index (χ4n) is 4.43. The highest BCUT2D eigenvalue weighted by molar-refractivity contribution is 7.13. The minimum atomic E-state index is -0.724. The molecule has 0 bridgehead atoms. The number of likely N-dealkylation sites (tertiary alicyclic amines) is 1. The van der Waals surface area contributed by atoms with Crippen molar-refractivity contribution >= 4 is 23.2 Å². The predicted molar refractivity (Wildman–Crippen MR) is 122 cm³/mol. The van der Waals surface area contributed by atoms with Crippen LogP contribution in [0.25, 0.3) is 10.4 Å². The maximum atomic E-state index is 13.0. The number of aromatic nitrogens is 1. The number of nitrogens with two attached hydrogens (primary N) is 1. The first-order valence-electron chi connectivity index (χ1n) is 11.0. The van der Waals surface area contributed by atoms with E-state index in [1.54, 1.807) is 11.3 Å². The predicted octanol–water partition coefficient (Wildman–Crippen LogP) is 1.45. The first-order chi connectivity index (χ1) is 15.4. The third-order valence-electron chi connectivity index (χ3n) is 6.35. The summed E-state index contributed by atoms with van der Waals surface area (Å²) in [7, 11) is 0. The van der Waals surface area contributed by atoms with E-state index in [0.29, 0.717) is 19.8 Å². The second-order valence-corrected chi connectivity index (χ2v) is 9.41. The van der Waals surface area contributed by atoms with Gasteiger partial charge in [-0.15, -0.1) is 11.3 Å². The number of carbonyl (C=O) groups is 2. The number of β-amino-alcohol motifs (C(OH)–C–C–N with tert-alkyl or cyclic N) is 1. The van der Waals surface area contributed by atoms with Gasteiger partial charge in [0, 0.05) is 32.7 Å². The molecule has 1 aromatic carbocycles. The van der Waals surface area contributed by atoms with Crippen molar-refractivity contribution in [1.29, 1.82) is 0 Å². The van der Waals surface area contributed by atoms with Crippen LogP contribution in [0.3, 0.4) is 0 Å². The Labute approximate surface area is 191 Å². The molecule has 0 aliphatic carbocycles. The highest BCUT2D eigenvalue weighted by atomic mass is 32.1. The van der Waals surface area contributed by atoms with E-state index in [9.17, 15) is 14.7 Å². The number of amides is 2. The molecule has 2 fully saturated rings. The van der Waals surface area contributed by atoms with Gasteiger partial charge in [-0.1, -0.05) is 24.3 Å². The summed E-state index contributed by atoms with van der Waals surface area (Å²) in [5.74, 6) is -0.493. The number of thiazole rings is 1. The first kappa shape index (κ1) is 22.8. The Morgan fingerprint density at radius 3 is 2.69 bits per heavy atom. The van der Waals surface area contributed by atoms with Crippen molar-refractivity contribution in [2.24, 2.45) is 11.7 Å². The van der Waals surface area contributed by atoms with Crippen molar-refractivity contribution < 1.29 is 19.4 Å². The number of benzene rings is 1. The lowest BCUT2D eigenvalue weighted by Gasteiger charge is -2.32. The molecule has 8 nitrogen and oxygen atoms in total. The summed E-state index contributed by atoms with van der Waals surface area (Å²) in [4.78, 5) is 32.8. The van der Waals surface area contributed by atoms with Crippen LogP contribution in [0.5, 0.6) is 0 Å². The van der Waals surface area contributed by atoms with E-state index in [4.69, 9.17) is 10.5 Å². The molecule has 1 aromatic heterocycles. The number of aliphatic hydroxyl groups excluding tert-OH is 1. The average Bonchev–Trinajstić information content (AvgIpc) is 3.43. The molecule has 0 unspecified atom stereocenters. The molecule has 0 saturated carbocycles. The van der Waals surface area contributed by atoms with Crippen LogP contribution < -0.4 is 11.1 Å². The van der Waals surface area contributed by atoms with Crippen molar-refractivity contribution in [1.82, 2.24) is 15.2 Å². The Morgan fingerprint density at radius 1 is 1.31 bits per heavy atom. The van der Waals surface area contributed by atoms with Gasteiger partial charge in [-0.25, -0.2) is 4.98 Å². The van der Waals surface area contributed by atoms with Gasteiger partial charge in [-0.2, -0.15) is 0 Å². The topological polar surface area (TPSA) is 118 Å². The van der Waals surface area contributed by atoms with Crippen molar-refractivity contribution in [3.8, 4) is 10.4 Å². The second kappa shape index (κ2) is 10.1. The third-order valence-corrected chi connectivity index (χ3v) is 7.33. The highest BCUT2D eigenvalue weighted by Crippen LogP contribution is 2.27. The van der Waals surface area contributed by atoms with Gasteiger partial charge in [0.05, 0.1) is 28.2 Å². The van der Waals surface area contributed by atoms with Crippen molar-refractivity contribution in [3.05, 3.63) is 41.0 Å². The second-order valence-electron chi connectivity index (χ2n) is 8.55. The summed E-state index contributed by atoms with van der Waals surface area (Å²) in [5, 5.41) is 13.1. The van der Waals surface area contributed by atoms with Gasteiger partial charge < -0.3 is 25.8 Å². The number of aryl methyl sites for hydroxylation is 1.